The van der Waals surface area contributed by atoms with Crippen LogP contribution in [0.15, 0.2) is 45.3 Å². The van der Waals surface area contributed by atoms with Crippen LogP contribution in [0.4, 0.5) is 0 Å². The number of furan rings is 1. The third-order valence-electron chi connectivity index (χ3n) is 5.01. The van der Waals surface area contributed by atoms with E-state index in [4.69, 9.17) is 4.42 Å². The van der Waals surface area contributed by atoms with Crippen molar-refractivity contribution in [2.45, 2.75) is 13.8 Å². The van der Waals surface area contributed by atoms with Crippen LogP contribution in [0.25, 0.3) is 22.4 Å². The number of aryl methyl sites for hydroxylation is 1. The van der Waals surface area contributed by atoms with Crippen LogP contribution in [-0.4, -0.2) is 52.8 Å². The van der Waals surface area contributed by atoms with Crippen LogP contribution in [0.3, 0.4) is 0 Å². The van der Waals surface area contributed by atoms with Gasteiger partial charge >= 0.3 is 0 Å². The Bertz CT molecular complexity index is 1070. The molecule has 1 fully saturated rings. The van der Waals surface area contributed by atoms with E-state index in [-0.39, 0.29) is 11.8 Å². The minimum Gasteiger partial charge on any atom is -0.460 e. The molecule has 4 rings (SSSR count). The summed E-state index contributed by atoms with van der Waals surface area (Å²) in [6.45, 7) is 5.58. The van der Waals surface area contributed by atoms with Gasteiger partial charge in [-0.2, -0.15) is 0 Å². The minimum absolute atomic E-state index is 0.0425. The molecule has 0 spiro atoms. The third-order valence-corrected chi connectivity index (χ3v) is 5.50. The van der Waals surface area contributed by atoms with Crippen LogP contribution >= 0.6 is 15.9 Å². The average molecular weight is 442 g/mol. The molecule has 2 aromatic heterocycles. The second-order valence-electron chi connectivity index (χ2n) is 6.93. The van der Waals surface area contributed by atoms with Gasteiger partial charge in [-0.25, -0.2) is 4.98 Å². The van der Waals surface area contributed by atoms with Gasteiger partial charge in [0.25, 0.3) is 5.91 Å². The zero-order valence-corrected chi connectivity index (χ0v) is 17.3. The molecule has 0 aliphatic carbocycles. The second kappa shape index (κ2) is 7.39. The summed E-state index contributed by atoms with van der Waals surface area (Å²) >= 11 is 3.49. The largest absolute Gasteiger partial charge is 0.460 e. The van der Waals surface area contributed by atoms with Crippen LogP contribution in [0.2, 0.25) is 0 Å². The summed E-state index contributed by atoms with van der Waals surface area (Å²) < 4.78 is 6.61. The lowest BCUT2D eigenvalue weighted by molar-refractivity contribution is -0.130. The molecule has 3 aromatic rings. The van der Waals surface area contributed by atoms with E-state index >= 15 is 0 Å². The Morgan fingerprint density at radius 2 is 1.75 bits per heavy atom. The first-order valence-electron chi connectivity index (χ1n) is 9.14. The summed E-state index contributed by atoms with van der Waals surface area (Å²) in [6.07, 6.45) is 0. The number of piperazine rings is 1. The third kappa shape index (κ3) is 3.54. The molecule has 0 N–H and O–H groups in total. The standard InChI is InChI=1S/C21H20BrN3O3/c1-13-3-6-20(28-13)19-12-17(16-11-15(22)4-5-18(16)23-19)21(27)25-9-7-24(8-10-25)14(2)26/h3-6,11-12H,7-10H2,1-2H3. The van der Waals surface area contributed by atoms with Crippen LogP contribution < -0.4 is 0 Å². The molecule has 0 unspecified atom stereocenters. The van der Waals surface area contributed by atoms with Crippen molar-refractivity contribution in [3.8, 4) is 11.5 Å². The highest BCUT2D eigenvalue weighted by molar-refractivity contribution is 9.10. The normalized spacial score (nSPS) is 14.5. The first-order valence-corrected chi connectivity index (χ1v) is 9.93. The summed E-state index contributed by atoms with van der Waals surface area (Å²) in [4.78, 5) is 33.1. The molecule has 0 saturated carbocycles. The van der Waals surface area contributed by atoms with E-state index in [1.807, 2.05) is 37.3 Å². The number of pyridine rings is 1. The number of amides is 2. The number of carbonyl (C=O) groups excluding carboxylic acids is 2. The van der Waals surface area contributed by atoms with Crippen molar-refractivity contribution < 1.29 is 14.0 Å². The van der Waals surface area contributed by atoms with Crippen molar-refractivity contribution in [1.29, 1.82) is 0 Å². The lowest BCUT2D eigenvalue weighted by atomic mass is 10.0. The molecular formula is C21H20BrN3O3. The summed E-state index contributed by atoms with van der Waals surface area (Å²) in [5.74, 6) is 1.41. The number of halogens is 1. The highest BCUT2D eigenvalue weighted by Crippen LogP contribution is 2.29. The topological polar surface area (TPSA) is 66.7 Å². The zero-order chi connectivity index (χ0) is 19.8. The lowest BCUT2D eigenvalue weighted by Crippen LogP contribution is -2.50. The van der Waals surface area contributed by atoms with Gasteiger partial charge < -0.3 is 14.2 Å². The van der Waals surface area contributed by atoms with E-state index in [9.17, 15) is 9.59 Å². The molecule has 6 nitrogen and oxygen atoms in total. The van der Waals surface area contributed by atoms with Crippen LogP contribution in [-0.2, 0) is 4.79 Å². The van der Waals surface area contributed by atoms with Crippen molar-refractivity contribution >= 4 is 38.6 Å². The smallest absolute Gasteiger partial charge is 0.254 e. The SMILES string of the molecule is CC(=O)N1CCN(C(=O)c2cc(-c3ccc(C)o3)nc3ccc(Br)cc23)CC1. The van der Waals surface area contributed by atoms with Crippen molar-refractivity contribution in [3.63, 3.8) is 0 Å². The van der Waals surface area contributed by atoms with E-state index in [1.54, 1.807) is 22.8 Å². The number of carbonyl (C=O) groups is 2. The van der Waals surface area contributed by atoms with Gasteiger partial charge in [-0.15, -0.1) is 0 Å². The molecule has 0 atom stereocenters. The fraction of sp³-hybridized carbons (Fsp3) is 0.286. The fourth-order valence-electron chi connectivity index (χ4n) is 3.47. The van der Waals surface area contributed by atoms with Crippen molar-refractivity contribution in [2.24, 2.45) is 0 Å². The highest BCUT2D eigenvalue weighted by Gasteiger charge is 2.25. The van der Waals surface area contributed by atoms with Gasteiger partial charge in [-0.1, -0.05) is 15.9 Å². The van der Waals surface area contributed by atoms with Gasteiger partial charge in [0, 0.05) is 43.0 Å². The number of aromatic nitrogens is 1. The summed E-state index contributed by atoms with van der Waals surface area (Å²) in [6, 6.07) is 11.3. The van der Waals surface area contributed by atoms with Crippen LogP contribution in [0, 0.1) is 6.92 Å². The highest BCUT2D eigenvalue weighted by atomic mass is 79.9. The maximum Gasteiger partial charge on any atom is 0.254 e. The maximum absolute atomic E-state index is 13.3. The molecule has 28 heavy (non-hydrogen) atoms. The molecular weight excluding hydrogens is 422 g/mol. The van der Waals surface area contributed by atoms with Gasteiger partial charge in [0.1, 0.15) is 11.5 Å². The predicted octanol–water partition coefficient (Wildman–Crippen LogP) is 3.87. The summed E-state index contributed by atoms with van der Waals surface area (Å²) in [5, 5.41) is 0.792. The van der Waals surface area contributed by atoms with Gasteiger partial charge in [0.05, 0.1) is 11.1 Å². The molecule has 1 aliphatic heterocycles. The molecule has 2 amide bonds. The van der Waals surface area contributed by atoms with Crippen molar-refractivity contribution in [1.82, 2.24) is 14.8 Å². The Kier molecular flexibility index (Phi) is 4.93. The van der Waals surface area contributed by atoms with Crippen LogP contribution in [0.5, 0.6) is 0 Å². The van der Waals surface area contributed by atoms with E-state index in [2.05, 4.69) is 20.9 Å². The molecule has 1 aliphatic rings. The maximum atomic E-state index is 13.3. The monoisotopic (exact) mass is 441 g/mol. The Morgan fingerprint density at radius 1 is 1.04 bits per heavy atom. The van der Waals surface area contributed by atoms with E-state index < -0.39 is 0 Å². The summed E-state index contributed by atoms with van der Waals surface area (Å²) in [7, 11) is 0. The minimum atomic E-state index is -0.0572. The molecule has 1 aromatic carbocycles. The zero-order valence-electron chi connectivity index (χ0n) is 15.7. The van der Waals surface area contributed by atoms with Crippen LogP contribution in [0.1, 0.15) is 23.0 Å². The van der Waals surface area contributed by atoms with Gasteiger partial charge in [-0.3, -0.25) is 9.59 Å². The van der Waals surface area contributed by atoms with E-state index in [0.717, 1.165) is 21.1 Å². The first kappa shape index (κ1) is 18.7. The molecule has 144 valence electrons. The van der Waals surface area contributed by atoms with Gasteiger partial charge in [-0.05, 0) is 43.3 Å². The van der Waals surface area contributed by atoms with Gasteiger partial charge in [0.15, 0.2) is 5.76 Å². The molecule has 0 bridgehead atoms. The second-order valence-corrected chi connectivity index (χ2v) is 7.84. The number of nitrogens with zero attached hydrogens (tertiary/aromatic N) is 3. The number of rotatable bonds is 2. The number of benzene rings is 1. The lowest BCUT2D eigenvalue weighted by Gasteiger charge is -2.34. The quantitative estimate of drug-likeness (QED) is 0.605. The molecule has 1 saturated heterocycles. The first-order chi connectivity index (χ1) is 13.4. The Hall–Kier alpha value is -2.67. The van der Waals surface area contributed by atoms with E-state index in [1.165, 1.54) is 0 Å². The Morgan fingerprint density at radius 3 is 2.39 bits per heavy atom. The van der Waals surface area contributed by atoms with E-state index in [0.29, 0.717) is 43.2 Å². The molecule has 0 radical (unpaired) electrons. The number of hydrogen-bond acceptors (Lipinski definition) is 4. The average Bonchev–Trinajstić information content (AvgIpc) is 3.13. The Balaban J connectivity index is 1.75. The van der Waals surface area contributed by atoms with Gasteiger partial charge in [0.2, 0.25) is 5.91 Å². The Labute approximate surface area is 171 Å². The van der Waals surface area contributed by atoms with Crippen molar-refractivity contribution in [3.05, 3.63) is 52.2 Å². The van der Waals surface area contributed by atoms with Crippen molar-refractivity contribution in [2.75, 3.05) is 26.2 Å². The molecule has 3 heterocycles. The molecule has 7 heteroatoms. The number of fused-ring (bicyclic) bond motifs is 1. The predicted molar refractivity (Wildman–Crippen MR) is 110 cm³/mol. The number of hydrogen-bond donors (Lipinski definition) is 0. The fourth-order valence-corrected chi connectivity index (χ4v) is 3.83. The summed E-state index contributed by atoms with van der Waals surface area (Å²) in [5.41, 5.74) is 1.96.